The van der Waals surface area contributed by atoms with Crippen molar-refractivity contribution in [3.8, 4) is 5.40 Å². The third-order valence-corrected chi connectivity index (χ3v) is 5.99. The van der Waals surface area contributed by atoms with Crippen molar-refractivity contribution in [3.63, 3.8) is 0 Å². The number of halogens is 3. The lowest BCUT2D eigenvalue weighted by atomic mass is 10.0. The van der Waals surface area contributed by atoms with Crippen molar-refractivity contribution in [2.45, 2.75) is 31.7 Å². The molecule has 1 unspecified atom stereocenters. The molecular weight excluding hydrogens is 489 g/mol. The van der Waals surface area contributed by atoms with Crippen LogP contribution >= 0.6 is 34.8 Å². The van der Waals surface area contributed by atoms with Gasteiger partial charge in [-0.15, -0.1) is 0 Å². The molecular formula is C22H21Cl3N5OS-. The lowest BCUT2D eigenvalue weighted by molar-refractivity contribution is -0.119. The number of rotatable bonds is 4. The molecule has 2 aromatic carbocycles. The first-order chi connectivity index (χ1) is 15.4. The van der Waals surface area contributed by atoms with Crippen molar-refractivity contribution in [2.24, 2.45) is 5.10 Å². The molecule has 2 aromatic rings. The van der Waals surface area contributed by atoms with Gasteiger partial charge in [-0.3, -0.25) is 15.2 Å². The predicted octanol–water partition coefficient (Wildman–Crippen LogP) is 5.49. The van der Waals surface area contributed by atoms with Crippen LogP contribution in [0.25, 0.3) is 0 Å². The van der Waals surface area contributed by atoms with E-state index in [1.807, 2.05) is 35.3 Å². The van der Waals surface area contributed by atoms with Gasteiger partial charge < -0.3 is 12.6 Å². The number of thiocyanates is 1. The molecule has 1 fully saturated rings. The zero-order valence-corrected chi connectivity index (χ0v) is 20.2. The molecule has 4 rings (SSSR count). The molecule has 2 aliphatic rings. The molecule has 0 radical (unpaired) electrons. The van der Waals surface area contributed by atoms with Crippen LogP contribution in [0.2, 0.25) is 15.1 Å². The van der Waals surface area contributed by atoms with Gasteiger partial charge in [-0.1, -0.05) is 58.8 Å². The van der Waals surface area contributed by atoms with E-state index in [0.29, 0.717) is 32.9 Å². The normalized spacial score (nSPS) is 18.2. The van der Waals surface area contributed by atoms with Crippen molar-refractivity contribution in [1.29, 1.82) is 5.26 Å². The molecule has 1 atom stereocenters. The standard InChI is InChI=1S/C21H21Cl3N4O.CHNS/c22-15-6-4-14(5-7-15)20-13-18(21(29)26-27-10-2-1-3-11-27)25-28(20)19-9-8-16(23)12-17(19)24;2-1-3/h4-9,12,20H,1-3,10-11,13H2,(H,26,29);3H/p-1. The topological polar surface area (TPSA) is 71.7 Å². The van der Waals surface area contributed by atoms with Crippen molar-refractivity contribution >= 4 is 64.7 Å². The molecule has 0 aliphatic carbocycles. The SMILES string of the molecule is N#C[S-].O=C(NN1CCCCC1)C1=NN(c2ccc(Cl)cc2Cl)C(c2ccc(Cl)cc2)C1. The first-order valence-electron chi connectivity index (χ1n) is 10.1. The Morgan fingerprint density at radius 3 is 2.31 bits per heavy atom. The van der Waals surface area contributed by atoms with Gasteiger partial charge in [-0.05, 0) is 48.7 Å². The zero-order chi connectivity index (χ0) is 23.1. The molecule has 168 valence electrons. The van der Waals surface area contributed by atoms with Gasteiger partial charge >= 0.3 is 0 Å². The number of hydrogen-bond acceptors (Lipinski definition) is 6. The molecule has 2 aliphatic heterocycles. The second-order valence-electron chi connectivity index (χ2n) is 7.34. The Morgan fingerprint density at radius 2 is 1.69 bits per heavy atom. The first kappa shape index (κ1) is 24.6. The van der Waals surface area contributed by atoms with E-state index in [2.05, 4.69) is 23.2 Å². The van der Waals surface area contributed by atoms with Crippen molar-refractivity contribution < 1.29 is 4.79 Å². The van der Waals surface area contributed by atoms with Crippen LogP contribution in [0.5, 0.6) is 0 Å². The van der Waals surface area contributed by atoms with E-state index in [1.165, 1.54) is 11.8 Å². The number of hydrogen-bond donors (Lipinski definition) is 1. The first-order valence-corrected chi connectivity index (χ1v) is 11.6. The minimum Gasteiger partial charge on any atom is -0.696 e. The maximum absolute atomic E-state index is 12.9. The highest BCUT2D eigenvalue weighted by Crippen LogP contribution is 2.39. The Labute approximate surface area is 208 Å². The Morgan fingerprint density at radius 1 is 1.06 bits per heavy atom. The third kappa shape index (κ3) is 6.25. The number of piperidine rings is 1. The number of nitrogens with zero attached hydrogens (tertiary/aromatic N) is 4. The number of anilines is 1. The van der Waals surface area contributed by atoms with Crippen molar-refractivity contribution in [2.75, 3.05) is 18.1 Å². The number of carbonyl (C=O) groups excluding carboxylic acids is 1. The molecule has 0 aromatic heterocycles. The van der Waals surface area contributed by atoms with Crippen LogP contribution in [0.15, 0.2) is 47.6 Å². The average Bonchev–Trinajstić information content (AvgIpc) is 3.21. The smallest absolute Gasteiger partial charge is 0.281 e. The second-order valence-corrected chi connectivity index (χ2v) is 8.80. The van der Waals surface area contributed by atoms with Gasteiger partial charge in [0.25, 0.3) is 5.91 Å². The highest BCUT2D eigenvalue weighted by atomic mass is 35.5. The van der Waals surface area contributed by atoms with Crippen LogP contribution in [0.3, 0.4) is 0 Å². The molecule has 32 heavy (non-hydrogen) atoms. The van der Waals surface area contributed by atoms with Gasteiger partial charge in [0, 0.05) is 29.6 Å². The van der Waals surface area contributed by atoms with E-state index in [4.69, 9.17) is 40.1 Å². The molecule has 0 spiro atoms. The van der Waals surface area contributed by atoms with Gasteiger partial charge in [-0.2, -0.15) is 5.10 Å². The summed E-state index contributed by atoms with van der Waals surface area (Å²) in [6, 6.07) is 12.7. The highest BCUT2D eigenvalue weighted by molar-refractivity contribution is 7.64. The largest absolute Gasteiger partial charge is 0.696 e. The molecule has 6 nitrogen and oxygen atoms in total. The summed E-state index contributed by atoms with van der Waals surface area (Å²) >= 11 is 22.3. The van der Waals surface area contributed by atoms with Gasteiger partial charge in [0.05, 0.1) is 16.8 Å². The lowest BCUT2D eigenvalue weighted by Crippen LogP contribution is -2.47. The van der Waals surface area contributed by atoms with Gasteiger partial charge in [0.1, 0.15) is 5.71 Å². The summed E-state index contributed by atoms with van der Waals surface area (Å²) in [5.41, 5.74) is 5.18. The molecule has 2 heterocycles. The van der Waals surface area contributed by atoms with Crippen LogP contribution in [0, 0.1) is 10.7 Å². The summed E-state index contributed by atoms with van der Waals surface area (Å²) in [7, 11) is 0. The predicted molar refractivity (Wildman–Crippen MR) is 132 cm³/mol. The minimum atomic E-state index is -0.168. The Balaban J connectivity index is 0.000000913. The van der Waals surface area contributed by atoms with Crippen LogP contribution in [-0.4, -0.2) is 29.7 Å². The maximum atomic E-state index is 12.9. The minimum absolute atomic E-state index is 0.159. The Hall–Kier alpha value is -2.08. The number of amides is 1. The molecule has 0 bridgehead atoms. The lowest BCUT2D eigenvalue weighted by Gasteiger charge is -2.26. The number of hydrazine groups is 1. The summed E-state index contributed by atoms with van der Waals surface area (Å²) in [6.07, 6.45) is 3.86. The Bertz CT molecular complexity index is 1020. The zero-order valence-electron chi connectivity index (χ0n) is 17.1. The van der Waals surface area contributed by atoms with E-state index < -0.39 is 0 Å². The summed E-state index contributed by atoms with van der Waals surface area (Å²) in [5.74, 6) is -0.168. The number of carbonyl (C=O) groups is 1. The summed E-state index contributed by atoms with van der Waals surface area (Å²) < 4.78 is 0. The molecule has 10 heteroatoms. The summed E-state index contributed by atoms with van der Waals surface area (Å²) in [5, 5.41) is 18.6. The molecule has 1 N–H and O–H groups in total. The number of benzene rings is 2. The van der Waals surface area contributed by atoms with Gasteiger partial charge in [0.15, 0.2) is 0 Å². The molecule has 1 saturated heterocycles. The number of nitrogens with one attached hydrogen (secondary N) is 1. The molecule has 1 amide bonds. The monoisotopic (exact) mass is 508 g/mol. The van der Waals surface area contributed by atoms with Crippen molar-refractivity contribution in [1.82, 2.24) is 10.4 Å². The third-order valence-electron chi connectivity index (χ3n) is 5.20. The number of hydrazone groups is 1. The van der Waals surface area contributed by atoms with Crippen LogP contribution < -0.4 is 10.4 Å². The van der Waals surface area contributed by atoms with Crippen LogP contribution in [0.1, 0.15) is 37.3 Å². The van der Waals surface area contributed by atoms with Crippen molar-refractivity contribution in [3.05, 3.63) is 63.1 Å². The second kappa shape index (κ2) is 11.7. The number of nitriles is 1. The fourth-order valence-corrected chi connectivity index (χ4v) is 4.32. The fourth-order valence-electron chi connectivity index (χ4n) is 3.69. The van der Waals surface area contributed by atoms with E-state index in [9.17, 15) is 4.79 Å². The fraction of sp³-hybridized carbons (Fsp3) is 0.318. The quantitative estimate of drug-likeness (QED) is 0.436. The van der Waals surface area contributed by atoms with E-state index >= 15 is 0 Å². The Kier molecular flexibility index (Phi) is 8.97. The van der Waals surface area contributed by atoms with Crippen LogP contribution in [0.4, 0.5) is 5.69 Å². The maximum Gasteiger partial charge on any atom is 0.281 e. The van der Waals surface area contributed by atoms with Gasteiger partial charge in [0.2, 0.25) is 0 Å². The highest BCUT2D eigenvalue weighted by Gasteiger charge is 2.34. The molecule has 0 saturated carbocycles. The average molecular weight is 510 g/mol. The van der Waals surface area contributed by atoms with Crippen LogP contribution in [-0.2, 0) is 17.4 Å². The van der Waals surface area contributed by atoms with E-state index in [0.717, 1.165) is 31.5 Å². The van der Waals surface area contributed by atoms with E-state index in [1.54, 1.807) is 17.1 Å². The van der Waals surface area contributed by atoms with Gasteiger partial charge in [-0.25, -0.2) is 10.3 Å². The van der Waals surface area contributed by atoms with E-state index in [-0.39, 0.29) is 11.9 Å². The summed E-state index contributed by atoms with van der Waals surface area (Å²) in [6.45, 7) is 1.73. The summed E-state index contributed by atoms with van der Waals surface area (Å²) in [4.78, 5) is 12.9.